The van der Waals surface area contributed by atoms with Crippen LogP contribution >= 0.6 is 0 Å². The van der Waals surface area contributed by atoms with Crippen LogP contribution in [0.2, 0.25) is 0 Å². The minimum Gasteiger partial charge on any atom is -0.491 e. The molecule has 28 heavy (non-hydrogen) atoms. The summed E-state index contributed by atoms with van der Waals surface area (Å²) in [5.74, 6) is 1.72. The lowest BCUT2D eigenvalue weighted by Crippen LogP contribution is -2.24. The molecule has 0 fully saturated rings. The first-order valence-corrected chi connectivity index (χ1v) is 9.99. The Balaban J connectivity index is 2.50. The second kappa shape index (κ2) is 9.44. The third-order valence-electron chi connectivity index (χ3n) is 5.58. The molecule has 2 aromatic rings. The van der Waals surface area contributed by atoms with Crippen molar-refractivity contribution in [3.8, 4) is 11.5 Å². The minimum absolute atomic E-state index is 0.0105. The average molecular weight is 387 g/mol. The summed E-state index contributed by atoms with van der Waals surface area (Å²) < 4.78 is 11.5. The molecule has 0 radical (unpaired) electrons. The molecule has 0 saturated heterocycles. The molecule has 0 atom stereocenters. The van der Waals surface area contributed by atoms with Crippen LogP contribution < -0.4 is 9.47 Å². The van der Waals surface area contributed by atoms with Gasteiger partial charge in [-0.05, 0) is 67.5 Å². The predicted molar refractivity (Wildman–Crippen MR) is 114 cm³/mol. The van der Waals surface area contributed by atoms with E-state index in [4.69, 9.17) is 19.7 Å². The first-order chi connectivity index (χ1) is 13.3. The van der Waals surface area contributed by atoms with Crippen molar-refractivity contribution in [2.75, 3.05) is 26.4 Å². The van der Waals surface area contributed by atoms with E-state index in [2.05, 4.69) is 65.8 Å². The van der Waals surface area contributed by atoms with E-state index in [-0.39, 0.29) is 18.6 Å². The topological polar surface area (TPSA) is 58.9 Å². The second-order valence-electron chi connectivity index (χ2n) is 7.71. The van der Waals surface area contributed by atoms with Crippen LogP contribution in [0, 0.1) is 27.7 Å². The van der Waals surface area contributed by atoms with Crippen molar-refractivity contribution in [1.29, 1.82) is 0 Å². The SMILES string of the molecule is CCC(C)(c1cc(C)c(OCCO)c(C)c1)c1cc(C)c(OCCO)c(C)c1. The van der Waals surface area contributed by atoms with E-state index >= 15 is 0 Å². The molecule has 0 amide bonds. The molecular weight excluding hydrogens is 352 g/mol. The molecular formula is C24H34O4. The molecule has 0 aliphatic rings. The fourth-order valence-electron chi connectivity index (χ4n) is 3.86. The summed E-state index contributed by atoms with van der Waals surface area (Å²) in [5, 5.41) is 18.1. The van der Waals surface area contributed by atoms with Gasteiger partial charge in [-0.3, -0.25) is 0 Å². The van der Waals surface area contributed by atoms with Crippen molar-refractivity contribution in [2.24, 2.45) is 0 Å². The zero-order chi connectivity index (χ0) is 20.9. The minimum atomic E-state index is -0.143. The van der Waals surface area contributed by atoms with Crippen LogP contribution in [0.1, 0.15) is 53.6 Å². The third kappa shape index (κ3) is 4.50. The Morgan fingerprint density at radius 3 is 1.29 bits per heavy atom. The molecule has 4 heteroatoms. The number of aliphatic hydroxyl groups excluding tert-OH is 2. The number of aryl methyl sites for hydroxylation is 4. The van der Waals surface area contributed by atoms with E-state index < -0.39 is 0 Å². The fraction of sp³-hybridized carbons (Fsp3) is 0.500. The molecule has 4 nitrogen and oxygen atoms in total. The molecule has 0 aromatic heterocycles. The maximum Gasteiger partial charge on any atom is 0.125 e. The Morgan fingerprint density at radius 1 is 0.714 bits per heavy atom. The molecule has 0 bridgehead atoms. The lowest BCUT2D eigenvalue weighted by atomic mass is 9.72. The molecule has 2 aromatic carbocycles. The van der Waals surface area contributed by atoms with Gasteiger partial charge < -0.3 is 19.7 Å². The summed E-state index contributed by atoms with van der Waals surface area (Å²) in [5.41, 5.74) is 6.70. The molecule has 0 heterocycles. The van der Waals surface area contributed by atoms with Crippen molar-refractivity contribution >= 4 is 0 Å². The number of benzene rings is 2. The highest BCUT2D eigenvalue weighted by atomic mass is 16.5. The maximum atomic E-state index is 9.06. The quantitative estimate of drug-likeness (QED) is 0.671. The summed E-state index contributed by atoms with van der Waals surface area (Å²) >= 11 is 0. The number of aliphatic hydroxyl groups is 2. The molecule has 154 valence electrons. The molecule has 0 aliphatic heterocycles. The third-order valence-corrected chi connectivity index (χ3v) is 5.58. The monoisotopic (exact) mass is 386 g/mol. The Labute approximate surface area is 169 Å². The van der Waals surface area contributed by atoms with Crippen molar-refractivity contribution in [1.82, 2.24) is 0 Å². The summed E-state index contributed by atoms with van der Waals surface area (Å²) in [4.78, 5) is 0. The molecule has 0 saturated carbocycles. The van der Waals surface area contributed by atoms with E-state index in [0.29, 0.717) is 13.2 Å². The Hall–Kier alpha value is -2.04. The van der Waals surface area contributed by atoms with Gasteiger partial charge in [-0.2, -0.15) is 0 Å². The van der Waals surface area contributed by atoms with Crippen LogP contribution in [-0.2, 0) is 5.41 Å². The van der Waals surface area contributed by atoms with Gasteiger partial charge in [0.25, 0.3) is 0 Å². The smallest absolute Gasteiger partial charge is 0.125 e. The second-order valence-corrected chi connectivity index (χ2v) is 7.71. The van der Waals surface area contributed by atoms with Crippen molar-refractivity contribution in [3.63, 3.8) is 0 Å². The zero-order valence-corrected chi connectivity index (χ0v) is 18.1. The van der Waals surface area contributed by atoms with E-state index in [1.54, 1.807) is 0 Å². The van der Waals surface area contributed by atoms with Crippen molar-refractivity contribution in [3.05, 3.63) is 57.6 Å². The van der Waals surface area contributed by atoms with Crippen LogP contribution in [0.5, 0.6) is 11.5 Å². The summed E-state index contributed by atoms with van der Waals surface area (Å²) in [7, 11) is 0. The largest absolute Gasteiger partial charge is 0.491 e. The average Bonchev–Trinajstić information content (AvgIpc) is 2.65. The predicted octanol–water partition coefficient (Wildman–Crippen LogP) is 4.38. The fourth-order valence-corrected chi connectivity index (χ4v) is 3.86. The Bertz CT molecular complexity index is 701. The number of hydrogen-bond donors (Lipinski definition) is 2. The van der Waals surface area contributed by atoms with Gasteiger partial charge in [0.05, 0.1) is 13.2 Å². The van der Waals surface area contributed by atoms with Crippen molar-refractivity contribution in [2.45, 2.75) is 53.4 Å². The molecule has 2 rings (SSSR count). The van der Waals surface area contributed by atoms with Crippen LogP contribution in [0.4, 0.5) is 0 Å². The standard InChI is InChI=1S/C24H34O4/c1-7-24(6,20-12-16(2)22(17(3)13-20)27-10-8-25)21-14-18(4)23(19(5)15-21)28-11-9-26/h12-15,25-26H,7-11H2,1-6H3. The zero-order valence-electron chi connectivity index (χ0n) is 18.1. The first-order valence-electron chi connectivity index (χ1n) is 9.99. The van der Waals surface area contributed by atoms with Gasteiger partial charge in [0, 0.05) is 5.41 Å². The summed E-state index contributed by atoms with van der Waals surface area (Å²) in [6, 6.07) is 8.79. The number of rotatable bonds is 9. The molecule has 0 aliphatic carbocycles. The van der Waals surface area contributed by atoms with Gasteiger partial charge >= 0.3 is 0 Å². The van der Waals surface area contributed by atoms with Crippen LogP contribution in [0.25, 0.3) is 0 Å². The number of hydrogen-bond acceptors (Lipinski definition) is 4. The lowest BCUT2D eigenvalue weighted by Gasteiger charge is -2.32. The normalized spacial score (nSPS) is 11.6. The molecule has 0 unspecified atom stereocenters. The van der Waals surface area contributed by atoms with E-state index in [0.717, 1.165) is 40.2 Å². The highest BCUT2D eigenvalue weighted by molar-refractivity contribution is 5.52. The van der Waals surface area contributed by atoms with E-state index in [1.165, 1.54) is 11.1 Å². The first kappa shape index (κ1) is 22.3. The summed E-state index contributed by atoms with van der Waals surface area (Å²) in [6.07, 6.45) is 0.957. The van der Waals surface area contributed by atoms with Crippen LogP contribution in [0.15, 0.2) is 24.3 Å². The van der Waals surface area contributed by atoms with Gasteiger partial charge in [0.1, 0.15) is 24.7 Å². The van der Waals surface area contributed by atoms with Crippen LogP contribution in [-0.4, -0.2) is 36.6 Å². The lowest BCUT2D eigenvalue weighted by molar-refractivity contribution is 0.200. The van der Waals surface area contributed by atoms with Crippen molar-refractivity contribution < 1.29 is 19.7 Å². The Kier molecular flexibility index (Phi) is 7.50. The number of ether oxygens (including phenoxy) is 2. The molecule has 2 N–H and O–H groups in total. The van der Waals surface area contributed by atoms with Gasteiger partial charge in [0.2, 0.25) is 0 Å². The van der Waals surface area contributed by atoms with Gasteiger partial charge in [-0.25, -0.2) is 0 Å². The van der Waals surface area contributed by atoms with Crippen LogP contribution in [0.3, 0.4) is 0 Å². The molecule has 0 spiro atoms. The summed E-state index contributed by atoms with van der Waals surface area (Å²) in [6.45, 7) is 13.3. The maximum absolute atomic E-state index is 9.06. The van der Waals surface area contributed by atoms with Gasteiger partial charge in [0.15, 0.2) is 0 Å². The van der Waals surface area contributed by atoms with E-state index in [1.807, 2.05) is 0 Å². The highest BCUT2D eigenvalue weighted by Crippen LogP contribution is 2.40. The highest BCUT2D eigenvalue weighted by Gasteiger charge is 2.29. The van der Waals surface area contributed by atoms with Gasteiger partial charge in [-0.1, -0.05) is 38.1 Å². The van der Waals surface area contributed by atoms with E-state index in [9.17, 15) is 0 Å². The Morgan fingerprint density at radius 2 is 1.04 bits per heavy atom. The van der Waals surface area contributed by atoms with Gasteiger partial charge in [-0.15, -0.1) is 0 Å².